The Bertz CT molecular complexity index is 1390. The molecule has 0 aliphatic carbocycles. The SMILES string of the molecule is CCCCCCc1ccc(C(=O)N2CCC3(CC2)C(=O)N(CC(=O)Nc2cccc(Cl)c2)CN3c2ccccc2)cc1. The second kappa shape index (κ2) is 13.4. The highest BCUT2D eigenvalue weighted by atomic mass is 35.5. The van der Waals surface area contributed by atoms with Gasteiger partial charge in [0.2, 0.25) is 5.91 Å². The quantitative estimate of drug-likeness (QED) is 0.280. The number of nitrogens with zero attached hydrogens (tertiary/aromatic N) is 3. The maximum atomic E-state index is 14.0. The van der Waals surface area contributed by atoms with E-state index in [1.165, 1.54) is 31.2 Å². The van der Waals surface area contributed by atoms with Crippen LogP contribution in [0.15, 0.2) is 78.9 Å². The van der Waals surface area contributed by atoms with Crippen LogP contribution >= 0.6 is 11.6 Å². The average molecular weight is 587 g/mol. The number of carbonyl (C=O) groups excluding carboxylic acids is 3. The lowest BCUT2D eigenvalue weighted by molar-refractivity contribution is -0.136. The van der Waals surface area contributed by atoms with E-state index < -0.39 is 5.54 Å². The van der Waals surface area contributed by atoms with Crippen molar-refractivity contribution in [2.24, 2.45) is 0 Å². The van der Waals surface area contributed by atoms with Crippen molar-refractivity contribution in [1.29, 1.82) is 0 Å². The molecule has 220 valence electrons. The molecule has 2 heterocycles. The van der Waals surface area contributed by atoms with Crippen molar-refractivity contribution in [3.05, 3.63) is 95.0 Å². The molecule has 0 bridgehead atoms. The maximum Gasteiger partial charge on any atom is 0.253 e. The van der Waals surface area contributed by atoms with Crippen molar-refractivity contribution in [1.82, 2.24) is 9.80 Å². The Balaban J connectivity index is 1.26. The Hall–Kier alpha value is -3.84. The maximum absolute atomic E-state index is 14.0. The Kier molecular flexibility index (Phi) is 9.48. The van der Waals surface area contributed by atoms with E-state index in [4.69, 9.17) is 11.6 Å². The normalized spacial score (nSPS) is 16.2. The molecule has 0 atom stereocenters. The third-order valence-electron chi connectivity index (χ3n) is 8.42. The van der Waals surface area contributed by atoms with E-state index in [1.807, 2.05) is 47.4 Å². The number of hydrogen-bond donors (Lipinski definition) is 1. The topological polar surface area (TPSA) is 73.0 Å². The van der Waals surface area contributed by atoms with Gasteiger partial charge in [0, 0.05) is 35.1 Å². The molecule has 1 N–H and O–H groups in total. The molecule has 5 rings (SSSR count). The first-order valence-corrected chi connectivity index (χ1v) is 15.3. The summed E-state index contributed by atoms with van der Waals surface area (Å²) in [4.78, 5) is 45.9. The molecule has 8 heteroatoms. The lowest BCUT2D eigenvalue weighted by Gasteiger charge is -2.43. The fourth-order valence-corrected chi connectivity index (χ4v) is 6.28. The van der Waals surface area contributed by atoms with Crippen LogP contribution in [0.4, 0.5) is 11.4 Å². The molecular formula is C34H39ClN4O3. The van der Waals surface area contributed by atoms with Gasteiger partial charge in [-0.2, -0.15) is 0 Å². The third-order valence-corrected chi connectivity index (χ3v) is 8.66. The van der Waals surface area contributed by atoms with Crippen LogP contribution in [0.2, 0.25) is 5.02 Å². The molecule has 2 fully saturated rings. The number of carbonyl (C=O) groups is 3. The minimum Gasteiger partial charge on any atom is -0.339 e. The summed E-state index contributed by atoms with van der Waals surface area (Å²) in [6, 6.07) is 24.8. The van der Waals surface area contributed by atoms with Gasteiger partial charge in [0.25, 0.3) is 11.8 Å². The molecule has 0 radical (unpaired) electrons. The summed E-state index contributed by atoms with van der Waals surface area (Å²) in [6.07, 6.45) is 6.90. The monoisotopic (exact) mass is 586 g/mol. The number of anilines is 2. The van der Waals surface area contributed by atoms with Gasteiger partial charge in [0.15, 0.2) is 0 Å². The van der Waals surface area contributed by atoms with Crippen LogP contribution < -0.4 is 10.2 Å². The van der Waals surface area contributed by atoms with Gasteiger partial charge in [-0.15, -0.1) is 0 Å². The number of unbranched alkanes of at least 4 members (excludes halogenated alkanes) is 3. The molecule has 0 aromatic heterocycles. The van der Waals surface area contributed by atoms with E-state index >= 15 is 0 Å². The van der Waals surface area contributed by atoms with E-state index in [0.717, 1.165) is 12.1 Å². The lowest BCUT2D eigenvalue weighted by Crippen LogP contribution is -2.57. The minimum atomic E-state index is -0.809. The molecule has 42 heavy (non-hydrogen) atoms. The van der Waals surface area contributed by atoms with Crippen molar-refractivity contribution in [2.75, 3.05) is 36.5 Å². The zero-order chi connectivity index (χ0) is 29.5. The Morgan fingerprint density at radius 1 is 0.905 bits per heavy atom. The molecule has 7 nitrogen and oxygen atoms in total. The second-order valence-electron chi connectivity index (χ2n) is 11.3. The van der Waals surface area contributed by atoms with E-state index in [-0.39, 0.29) is 24.3 Å². The molecule has 0 unspecified atom stereocenters. The first kappa shape index (κ1) is 29.6. The smallest absolute Gasteiger partial charge is 0.253 e. The van der Waals surface area contributed by atoms with Crippen LogP contribution in [-0.4, -0.2) is 59.4 Å². The van der Waals surface area contributed by atoms with Gasteiger partial charge < -0.3 is 20.0 Å². The van der Waals surface area contributed by atoms with Gasteiger partial charge in [-0.3, -0.25) is 14.4 Å². The van der Waals surface area contributed by atoms with Gasteiger partial charge in [-0.05, 0) is 73.7 Å². The highest BCUT2D eigenvalue weighted by Gasteiger charge is 2.54. The minimum absolute atomic E-state index is 0.00292. The fourth-order valence-electron chi connectivity index (χ4n) is 6.09. The van der Waals surface area contributed by atoms with Gasteiger partial charge in [0.05, 0.1) is 6.67 Å². The van der Waals surface area contributed by atoms with Crippen LogP contribution in [0.5, 0.6) is 0 Å². The van der Waals surface area contributed by atoms with Crippen LogP contribution in [0.1, 0.15) is 61.4 Å². The molecule has 3 amide bonds. The fraction of sp³-hybridized carbons (Fsp3) is 0.382. The van der Waals surface area contributed by atoms with Gasteiger partial charge in [-0.1, -0.05) is 74.2 Å². The first-order chi connectivity index (χ1) is 20.4. The number of halogens is 1. The van der Waals surface area contributed by atoms with Crippen LogP contribution in [0.25, 0.3) is 0 Å². The van der Waals surface area contributed by atoms with Gasteiger partial charge in [0.1, 0.15) is 12.1 Å². The Labute approximate surface area is 253 Å². The Morgan fingerprint density at radius 3 is 2.33 bits per heavy atom. The number of hydrogen-bond acceptors (Lipinski definition) is 4. The van der Waals surface area contributed by atoms with E-state index in [1.54, 1.807) is 29.2 Å². The number of aryl methyl sites for hydroxylation is 1. The largest absolute Gasteiger partial charge is 0.339 e. The zero-order valence-electron chi connectivity index (χ0n) is 24.2. The number of nitrogens with one attached hydrogen (secondary N) is 1. The molecule has 2 aliphatic rings. The van der Waals surface area contributed by atoms with Crippen molar-refractivity contribution < 1.29 is 14.4 Å². The van der Waals surface area contributed by atoms with Crippen LogP contribution in [-0.2, 0) is 16.0 Å². The molecule has 2 aliphatic heterocycles. The number of para-hydroxylation sites is 1. The molecule has 3 aromatic carbocycles. The Morgan fingerprint density at radius 2 is 1.64 bits per heavy atom. The number of rotatable bonds is 10. The molecular weight excluding hydrogens is 548 g/mol. The van der Waals surface area contributed by atoms with Crippen molar-refractivity contribution in [2.45, 2.75) is 57.4 Å². The average Bonchev–Trinajstić information content (AvgIpc) is 3.26. The van der Waals surface area contributed by atoms with Gasteiger partial charge >= 0.3 is 0 Å². The lowest BCUT2D eigenvalue weighted by atomic mass is 9.85. The number of likely N-dealkylation sites (tertiary alicyclic amines) is 1. The molecule has 2 saturated heterocycles. The summed E-state index contributed by atoms with van der Waals surface area (Å²) in [5.74, 6) is -0.360. The summed E-state index contributed by atoms with van der Waals surface area (Å²) in [5.41, 5.74) is 2.65. The predicted molar refractivity (Wildman–Crippen MR) is 168 cm³/mol. The van der Waals surface area contributed by atoms with Crippen LogP contribution in [0, 0.1) is 0 Å². The highest BCUT2D eigenvalue weighted by molar-refractivity contribution is 6.30. The summed E-state index contributed by atoms with van der Waals surface area (Å²) in [6.45, 7) is 3.39. The van der Waals surface area contributed by atoms with E-state index in [0.29, 0.717) is 48.9 Å². The second-order valence-corrected chi connectivity index (χ2v) is 11.7. The zero-order valence-corrected chi connectivity index (χ0v) is 25.0. The highest BCUT2D eigenvalue weighted by Crippen LogP contribution is 2.39. The molecule has 0 saturated carbocycles. The third kappa shape index (κ3) is 6.62. The summed E-state index contributed by atoms with van der Waals surface area (Å²) in [5, 5.41) is 3.38. The van der Waals surface area contributed by atoms with Crippen molar-refractivity contribution >= 4 is 40.7 Å². The predicted octanol–water partition coefficient (Wildman–Crippen LogP) is 6.38. The molecule has 1 spiro atoms. The summed E-state index contributed by atoms with van der Waals surface area (Å²) >= 11 is 6.06. The van der Waals surface area contributed by atoms with Crippen LogP contribution in [0.3, 0.4) is 0 Å². The van der Waals surface area contributed by atoms with E-state index in [9.17, 15) is 14.4 Å². The number of benzene rings is 3. The standard InChI is InChI=1S/C34H39ClN4O3/c1-2-3-4-6-10-26-15-17-27(18-16-26)32(41)37-21-19-34(20-22-37)33(42)38(25-39(34)30-13-7-5-8-14-30)24-31(40)36-29-12-9-11-28(35)23-29/h5,7-9,11-18,23H,2-4,6,10,19-22,24-25H2,1H3,(H,36,40). The summed E-state index contributed by atoms with van der Waals surface area (Å²) in [7, 11) is 0. The number of amides is 3. The molecule has 3 aromatic rings. The summed E-state index contributed by atoms with van der Waals surface area (Å²) < 4.78 is 0. The van der Waals surface area contributed by atoms with E-state index in [2.05, 4.69) is 29.3 Å². The number of piperidine rings is 1. The first-order valence-electron chi connectivity index (χ1n) is 15.0. The van der Waals surface area contributed by atoms with Gasteiger partial charge in [-0.25, -0.2) is 0 Å². The van der Waals surface area contributed by atoms with Crippen molar-refractivity contribution in [3.63, 3.8) is 0 Å². The van der Waals surface area contributed by atoms with Crippen molar-refractivity contribution in [3.8, 4) is 0 Å².